The Kier molecular flexibility index (Phi) is 3.45. The number of aromatic nitrogens is 1. The zero-order valence-corrected chi connectivity index (χ0v) is 9.96. The van der Waals surface area contributed by atoms with Gasteiger partial charge in [-0.15, -0.1) is 0 Å². The highest BCUT2D eigenvalue weighted by atomic mass is 15.1. The molecule has 0 aliphatic rings. The summed E-state index contributed by atoms with van der Waals surface area (Å²) in [7, 11) is 3.86. The van der Waals surface area contributed by atoms with Crippen molar-refractivity contribution in [3.63, 3.8) is 0 Å². The van der Waals surface area contributed by atoms with Crippen LogP contribution in [-0.2, 0) is 7.05 Å². The molecule has 1 aromatic heterocycles. The van der Waals surface area contributed by atoms with Gasteiger partial charge in [0.25, 0.3) is 0 Å². The third-order valence-electron chi connectivity index (χ3n) is 2.40. The van der Waals surface area contributed by atoms with Gasteiger partial charge in [-0.05, 0) is 24.3 Å². The second kappa shape index (κ2) is 5.21. The van der Waals surface area contributed by atoms with Gasteiger partial charge in [-0.1, -0.05) is 0 Å². The van der Waals surface area contributed by atoms with Gasteiger partial charge in [0.2, 0.25) is 0 Å². The Labute approximate surface area is 101 Å². The predicted octanol–water partition coefficient (Wildman–Crippen LogP) is 2.97. The Morgan fingerprint density at radius 1 is 0.882 bits per heavy atom. The van der Waals surface area contributed by atoms with E-state index in [1.807, 2.05) is 67.5 Å². The van der Waals surface area contributed by atoms with Crippen molar-refractivity contribution in [2.45, 2.75) is 0 Å². The lowest BCUT2D eigenvalue weighted by molar-refractivity contribution is -0.671. The number of hydrogen-bond acceptors (Lipinski definition) is 3. The summed E-state index contributed by atoms with van der Waals surface area (Å²) >= 11 is 0. The van der Waals surface area contributed by atoms with Gasteiger partial charge in [-0.25, -0.2) is 4.57 Å². The number of rotatable bonds is 3. The fourth-order valence-electron chi connectivity index (χ4n) is 1.37. The maximum absolute atomic E-state index is 4.17. The highest BCUT2D eigenvalue weighted by Crippen LogP contribution is 2.19. The van der Waals surface area contributed by atoms with Crippen molar-refractivity contribution in [1.29, 1.82) is 0 Å². The van der Waals surface area contributed by atoms with Crippen molar-refractivity contribution in [1.82, 2.24) is 0 Å². The monoisotopic (exact) mass is 227 g/mol. The number of nitrogens with zero attached hydrogens (tertiary/aromatic N) is 3. The number of aryl methyl sites for hydroxylation is 1. The van der Waals surface area contributed by atoms with Crippen molar-refractivity contribution in [2.24, 2.45) is 17.3 Å². The largest absolute Gasteiger partial charge is 0.388 e. The van der Waals surface area contributed by atoms with E-state index in [1.165, 1.54) is 0 Å². The minimum Gasteiger partial charge on any atom is -0.388 e. The molecule has 0 spiro atoms. The topological polar surface area (TPSA) is 40.6 Å². The number of hydrogen-bond donors (Lipinski definition) is 1. The van der Waals surface area contributed by atoms with Crippen molar-refractivity contribution in [3.05, 3.63) is 48.8 Å². The van der Waals surface area contributed by atoms with Crippen LogP contribution in [0.15, 0.2) is 59.0 Å². The lowest BCUT2D eigenvalue weighted by Gasteiger charge is -1.98. The zero-order chi connectivity index (χ0) is 12.1. The van der Waals surface area contributed by atoms with E-state index in [4.69, 9.17) is 0 Å². The summed E-state index contributed by atoms with van der Waals surface area (Å²) in [4.78, 5) is 0. The van der Waals surface area contributed by atoms with Gasteiger partial charge in [0.1, 0.15) is 7.05 Å². The first-order chi connectivity index (χ1) is 8.28. The maximum atomic E-state index is 4.17. The molecule has 17 heavy (non-hydrogen) atoms. The molecule has 4 heteroatoms. The van der Waals surface area contributed by atoms with Crippen LogP contribution < -0.4 is 9.88 Å². The Morgan fingerprint density at radius 3 is 1.94 bits per heavy atom. The predicted molar refractivity (Wildman–Crippen MR) is 67.8 cm³/mol. The van der Waals surface area contributed by atoms with E-state index in [9.17, 15) is 0 Å². The fourth-order valence-corrected chi connectivity index (χ4v) is 1.37. The van der Waals surface area contributed by atoms with E-state index in [2.05, 4.69) is 15.5 Å². The molecule has 86 valence electrons. The molecule has 0 unspecified atom stereocenters. The molecule has 0 atom stereocenters. The van der Waals surface area contributed by atoms with Crippen molar-refractivity contribution in [2.75, 3.05) is 12.4 Å². The number of anilines is 1. The van der Waals surface area contributed by atoms with E-state index in [-0.39, 0.29) is 0 Å². The van der Waals surface area contributed by atoms with Gasteiger partial charge in [-0.3, -0.25) is 0 Å². The molecule has 0 saturated carbocycles. The quantitative estimate of drug-likeness (QED) is 0.635. The molecule has 2 aromatic rings. The molecule has 0 radical (unpaired) electrons. The molecule has 0 amide bonds. The maximum Gasteiger partial charge on any atom is 0.170 e. The van der Waals surface area contributed by atoms with Crippen LogP contribution in [0.25, 0.3) is 0 Å². The van der Waals surface area contributed by atoms with Crippen LogP contribution in [0.4, 0.5) is 17.1 Å². The zero-order valence-electron chi connectivity index (χ0n) is 9.96. The molecule has 0 bridgehead atoms. The summed E-state index contributed by atoms with van der Waals surface area (Å²) in [6.07, 6.45) is 3.89. The number of azo groups is 1. The Hall–Kier alpha value is -2.23. The SMILES string of the molecule is CNc1ccc(N=Nc2cc[n+](C)cc2)cc1. The van der Waals surface area contributed by atoms with Crippen LogP contribution in [0.5, 0.6) is 0 Å². The third-order valence-corrected chi connectivity index (χ3v) is 2.40. The highest BCUT2D eigenvalue weighted by Gasteiger charge is 1.94. The first-order valence-corrected chi connectivity index (χ1v) is 5.43. The van der Waals surface area contributed by atoms with Crippen LogP contribution in [0.3, 0.4) is 0 Å². The third kappa shape index (κ3) is 3.11. The van der Waals surface area contributed by atoms with Gasteiger partial charge in [0, 0.05) is 24.9 Å². The van der Waals surface area contributed by atoms with Gasteiger partial charge in [0.05, 0.1) is 11.4 Å². The lowest BCUT2D eigenvalue weighted by Crippen LogP contribution is -2.25. The first kappa shape index (κ1) is 11.3. The summed E-state index contributed by atoms with van der Waals surface area (Å²) < 4.78 is 1.96. The average molecular weight is 227 g/mol. The molecule has 4 nitrogen and oxygen atoms in total. The number of nitrogens with one attached hydrogen (secondary N) is 1. The van der Waals surface area contributed by atoms with Crippen LogP contribution in [0, 0.1) is 0 Å². The van der Waals surface area contributed by atoms with Gasteiger partial charge >= 0.3 is 0 Å². The van der Waals surface area contributed by atoms with Gasteiger partial charge in [-0.2, -0.15) is 10.2 Å². The molecule has 0 aliphatic carbocycles. The first-order valence-electron chi connectivity index (χ1n) is 5.43. The molecular weight excluding hydrogens is 212 g/mol. The van der Waals surface area contributed by atoms with Crippen LogP contribution in [0.2, 0.25) is 0 Å². The summed E-state index contributed by atoms with van der Waals surface area (Å²) in [5.74, 6) is 0. The van der Waals surface area contributed by atoms with E-state index < -0.39 is 0 Å². The van der Waals surface area contributed by atoms with E-state index in [1.54, 1.807) is 0 Å². The normalized spacial score (nSPS) is 10.7. The van der Waals surface area contributed by atoms with E-state index >= 15 is 0 Å². The highest BCUT2D eigenvalue weighted by molar-refractivity contribution is 5.50. The van der Waals surface area contributed by atoms with Crippen LogP contribution in [0.1, 0.15) is 0 Å². The molecule has 1 aromatic carbocycles. The number of benzene rings is 1. The molecule has 2 rings (SSSR count). The fraction of sp³-hybridized carbons (Fsp3) is 0.154. The molecular formula is C13H15N4+. The second-order valence-electron chi connectivity index (χ2n) is 3.72. The standard InChI is InChI=1S/C13H14N4/c1-14-11-3-5-12(6-4-11)15-16-13-7-9-17(2)10-8-13/h3-10H,1-2H3/p+1. The van der Waals surface area contributed by atoms with Gasteiger partial charge < -0.3 is 5.32 Å². The Morgan fingerprint density at radius 2 is 1.41 bits per heavy atom. The average Bonchev–Trinajstić information content (AvgIpc) is 2.39. The van der Waals surface area contributed by atoms with Crippen molar-refractivity contribution >= 4 is 17.1 Å². The van der Waals surface area contributed by atoms with Crippen LogP contribution >= 0.6 is 0 Å². The van der Waals surface area contributed by atoms with E-state index in [0.717, 1.165) is 17.1 Å². The Bertz CT molecular complexity index is 500. The minimum absolute atomic E-state index is 0.845. The second-order valence-corrected chi connectivity index (χ2v) is 3.72. The minimum atomic E-state index is 0.845. The lowest BCUT2D eigenvalue weighted by atomic mass is 10.3. The van der Waals surface area contributed by atoms with Crippen LogP contribution in [-0.4, -0.2) is 7.05 Å². The molecule has 1 N–H and O–H groups in total. The smallest absolute Gasteiger partial charge is 0.170 e. The van der Waals surface area contributed by atoms with E-state index in [0.29, 0.717) is 0 Å². The molecule has 0 saturated heterocycles. The summed E-state index contributed by atoms with van der Waals surface area (Å²) in [5, 5.41) is 11.4. The number of pyridine rings is 1. The van der Waals surface area contributed by atoms with Gasteiger partial charge in [0.15, 0.2) is 12.4 Å². The summed E-state index contributed by atoms with van der Waals surface area (Å²) in [6.45, 7) is 0. The molecule has 0 aliphatic heterocycles. The Balaban J connectivity index is 2.11. The summed E-state index contributed by atoms with van der Waals surface area (Å²) in [6, 6.07) is 11.6. The molecule has 0 fully saturated rings. The molecule has 1 heterocycles. The van der Waals surface area contributed by atoms with Crippen molar-refractivity contribution in [3.8, 4) is 0 Å². The summed E-state index contributed by atoms with van der Waals surface area (Å²) in [5.41, 5.74) is 2.76. The van der Waals surface area contributed by atoms with Crippen molar-refractivity contribution < 1.29 is 4.57 Å².